The molecular weight excluding hydrogens is 551 g/mol. The number of halogens is 2. The van der Waals surface area contributed by atoms with Gasteiger partial charge in [-0.3, -0.25) is 14.5 Å². The molecule has 10 nitrogen and oxygen atoms in total. The Bertz CT molecular complexity index is 1490. The highest BCUT2D eigenvalue weighted by atomic mass is 35.5. The van der Waals surface area contributed by atoms with Crippen LogP contribution in [0, 0.1) is 5.82 Å². The van der Waals surface area contributed by atoms with E-state index >= 15 is 0 Å². The Kier molecular flexibility index (Phi) is 8.85. The Hall–Kier alpha value is -4.35. The van der Waals surface area contributed by atoms with Crippen molar-refractivity contribution in [3.05, 3.63) is 89.2 Å². The second kappa shape index (κ2) is 12.9. The van der Waals surface area contributed by atoms with Gasteiger partial charge in [-0.25, -0.2) is 4.39 Å². The van der Waals surface area contributed by atoms with E-state index in [1.807, 2.05) is 0 Å². The van der Waals surface area contributed by atoms with Crippen LogP contribution in [-0.2, 0) is 20.9 Å². The molecule has 1 aliphatic rings. The van der Waals surface area contributed by atoms with Gasteiger partial charge in [0.2, 0.25) is 11.7 Å². The minimum atomic E-state index is -1.06. The fourth-order valence-corrected chi connectivity index (χ4v) is 4.72. The lowest BCUT2D eigenvalue weighted by atomic mass is 10.0. The number of hydrogen-bond acceptors (Lipinski definition) is 7. The Balaban J connectivity index is 1.49. The molecule has 0 aliphatic carbocycles. The van der Waals surface area contributed by atoms with Crippen molar-refractivity contribution in [1.29, 1.82) is 0 Å². The van der Waals surface area contributed by atoms with Gasteiger partial charge < -0.3 is 14.8 Å². The molecule has 2 atom stereocenters. The van der Waals surface area contributed by atoms with E-state index in [1.165, 1.54) is 36.3 Å². The third-order valence-corrected chi connectivity index (χ3v) is 6.90. The number of nitrogens with one attached hydrogen (secondary N) is 1. The van der Waals surface area contributed by atoms with Crippen LogP contribution in [0.3, 0.4) is 0 Å². The number of aromatic nitrogens is 4. The topological polar surface area (TPSA) is 111 Å². The molecule has 1 saturated heterocycles. The van der Waals surface area contributed by atoms with Crippen LogP contribution in [0.4, 0.5) is 10.1 Å². The Morgan fingerprint density at radius 3 is 2.66 bits per heavy atom. The van der Waals surface area contributed by atoms with Gasteiger partial charge in [-0.1, -0.05) is 29.8 Å². The van der Waals surface area contributed by atoms with Crippen molar-refractivity contribution >= 4 is 29.1 Å². The number of rotatable bonds is 10. The first-order valence-corrected chi connectivity index (χ1v) is 13.4. The zero-order valence-corrected chi connectivity index (χ0v) is 23.0. The minimum Gasteiger partial charge on any atom is -0.497 e. The van der Waals surface area contributed by atoms with Crippen molar-refractivity contribution in [2.75, 3.05) is 25.2 Å². The molecule has 212 valence electrons. The van der Waals surface area contributed by atoms with E-state index in [0.29, 0.717) is 40.7 Å². The first-order chi connectivity index (χ1) is 19.9. The SMILES string of the molecule is COc1cccc(N(C(=O)Cn2nnc(-c3ccc(F)cc3)n2)[C@@H](C(=O)NC[C@H]2CCCO2)c2ccc(Cl)cc2)c1. The summed E-state index contributed by atoms with van der Waals surface area (Å²) >= 11 is 6.15. The predicted molar refractivity (Wildman–Crippen MR) is 150 cm³/mol. The predicted octanol–water partition coefficient (Wildman–Crippen LogP) is 4.21. The molecule has 1 N–H and O–H groups in total. The third kappa shape index (κ3) is 6.87. The number of amides is 2. The second-order valence-electron chi connectivity index (χ2n) is 9.45. The van der Waals surface area contributed by atoms with E-state index in [1.54, 1.807) is 48.5 Å². The van der Waals surface area contributed by atoms with Gasteiger partial charge in [0.15, 0.2) is 0 Å². The quantitative estimate of drug-likeness (QED) is 0.300. The summed E-state index contributed by atoms with van der Waals surface area (Å²) in [6.45, 7) is 0.642. The van der Waals surface area contributed by atoms with Crippen LogP contribution in [0.2, 0.25) is 5.02 Å². The lowest BCUT2D eigenvalue weighted by Crippen LogP contribution is -2.46. The monoisotopic (exact) mass is 578 g/mol. The number of benzene rings is 3. The summed E-state index contributed by atoms with van der Waals surface area (Å²) in [5.41, 5.74) is 1.52. The highest BCUT2D eigenvalue weighted by Crippen LogP contribution is 2.31. The van der Waals surface area contributed by atoms with Gasteiger partial charge in [0.25, 0.3) is 5.91 Å². The molecule has 1 aromatic heterocycles. The Labute approximate surface area is 241 Å². The number of hydrogen-bond donors (Lipinski definition) is 1. The molecule has 2 amide bonds. The van der Waals surface area contributed by atoms with Gasteiger partial charge in [-0.2, -0.15) is 4.80 Å². The summed E-state index contributed by atoms with van der Waals surface area (Å²) in [6.07, 6.45) is 1.69. The summed E-state index contributed by atoms with van der Waals surface area (Å²) < 4.78 is 24.4. The van der Waals surface area contributed by atoms with Crippen LogP contribution in [0.1, 0.15) is 24.4 Å². The first-order valence-electron chi connectivity index (χ1n) is 13.1. The zero-order valence-electron chi connectivity index (χ0n) is 22.2. The fourth-order valence-electron chi connectivity index (χ4n) is 4.60. The normalized spacial score (nSPS) is 15.3. The van der Waals surface area contributed by atoms with Gasteiger partial charge in [-0.05, 0) is 72.1 Å². The third-order valence-electron chi connectivity index (χ3n) is 6.65. The standard InChI is InChI=1S/C29H28ClFN6O4/c1-40-24-5-2-4-23(16-24)37(26(38)18-36-34-28(33-35-36)20-9-13-22(31)14-10-20)27(19-7-11-21(30)12-8-19)29(39)32-17-25-6-3-15-41-25/h2,4-5,7-14,16,25,27H,3,6,15,17-18H2,1H3,(H,32,39)/t25-,27-/m1/s1. The number of carbonyl (C=O) groups is 2. The van der Waals surface area contributed by atoms with Gasteiger partial charge in [0, 0.05) is 35.5 Å². The lowest BCUT2D eigenvalue weighted by molar-refractivity contribution is -0.127. The average Bonchev–Trinajstić information content (AvgIpc) is 3.68. The number of nitrogens with zero attached hydrogens (tertiary/aromatic N) is 5. The van der Waals surface area contributed by atoms with Gasteiger partial charge in [0.05, 0.1) is 13.2 Å². The molecule has 4 aromatic rings. The summed E-state index contributed by atoms with van der Waals surface area (Å²) in [7, 11) is 1.52. The highest BCUT2D eigenvalue weighted by Gasteiger charge is 2.34. The maximum Gasteiger partial charge on any atom is 0.251 e. The number of carbonyl (C=O) groups excluding carboxylic acids is 2. The highest BCUT2D eigenvalue weighted by molar-refractivity contribution is 6.30. The molecule has 0 spiro atoms. The van der Waals surface area contributed by atoms with E-state index < -0.39 is 23.7 Å². The van der Waals surface area contributed by atoms with Crippen molar-refractivity contribution in [3.63, 3.8) is 0 Å². The van der Waals surface area contributed by atoms with E-state index in [-0.39, 0.29) is 18.5 Å². The van der Waals surface area contributed by atoms with Gasteiger partial charge in [-0.15, -0.1) is 10.2 Å². The number of methoxy groups -OCH3 is 1. The molecule has 2 heterocycles. The summed E-state index contributed by atoms with van der Waals surface area (Å²) in [6, 6.07) is 18.2. The zero-order chi connectivity index (χ0) is 28.8. The smallest absolute Gasteiger partial charge is 0.251 e. The number of ether oxygens (including phenoxy) is 2. The summed E-state index contributed by atoms with van der Waals surface area (Å²) in [4.78, 5) is 30.4. The maximum absolute atomic E-state index is 14.0. The van der Waals surface area contributed by atoms with Crippen molar-refractivity contribution < 1.29 is 23.5 Å². The van der Waals surface area contributed by atoms with E-state index in [2.05, 4.69) is 20.7 Å². The molecule has 12 heteroatoms. The van der Waals surface area contributed by atoms with Crippen LogP contribution in [0.15, 0.2) is 72.8 Å². The van der Waals surface area contributed by atoms with Gasteiger partial charge in [0.1, 0.15) is 24.2 Å². The second-order valence-corrected chi connectivity index (χ2v) is 9.89. The minimum absolute atomic E-state index is 0.0879. The van der Waals surface area contributed by atoms with Crippen LogP contribution in [0.5, 0.6) is 5.75 Å². The maximum atomic E-state index is 14.0. The Morgan fingerprint density at radius 1 is 1.17 bits per heavy atom. The van der Waals surface area contributed by atoms with E-state index in [9.17, 15) is 14.0 Å². The van der Waals surface area contributed by atoms with Gasteiger partial charge >= 0.3 is 0 Å². The largest absolute Gasteiger partial charge is 0.497 e. The number of anilines is 1. The summed E-state index contributed by atoms with van der Waals surface area (Å²) in [5.74, 6) is -0.524. The molecule has 0 unspecified atom stereocenters. The van der Waals surface area contributed by atoms with Crippen LogP contribution < -0.4 is 15.0 Å². The fraction of sp³-hybridized carbons (Fsp3) is 0.276. The molecule has 3 aromatic carbocycles. The lowest BCUT2D eigenvalue weighted by Gasteiger charge is -2.32. The van der Waals surface area contributed by atoms with E-state index in [4.69, 9.17) is 21.1 Å². The van der Waals surface area contributed by atoms with Crippen molar-refractivity contribution in [1.82, 2.24) is 25.5 Å². The number of tetrazole rings is 1. The summed E-state index contributed by atoms with van der Waals surface area (Å²) in [5, 5.41) is 15.8. The first kappa shape index (κ1) is 28.2. The molecule has 41 heavy (non-hydrogen) atoms. The molecule has 1 fully saturated rings. The molecular formula is C29H28ClFN6O4. The van der Waals surface area contributed by atoms with Crippen LogP contribution >= 0.6 is 11.6 Å². The van der Waals surface area contributed by atoms with Crippen molar-refractivity contribution in [3.8, 4) is 17.1 Å². The molecule has 0 saturated carbocycles. The Morgan fingerprint density at radius 2 is 1.95 bits per heavy atom. The molecule has 5 rings (SSSR count). The van der Waals surface area contributed by atoms with Crippen molar-refractivity contribution in [2.45, 2.75) is 31.5 Å². The average molecular weight is 579 g/mol. The van der Waals surface area contributed by atoms with Crippen molar-refractivity contribution in [2.24, 2.45) is 0 Å². The molecule has 1 aliphatic heterocycles. The molecule has 0 radical (unpaired) electrons. The van der Waals surface area contributed by atoms with Crippen LogP contribution in [-0.4, -0.2) is 58.4 Å². The van der Waals surface area contributed by atoms with Crippen LogP contribution in [0.25, 0.3) is 11.4 Å². The molecule has 0 bridgehead atoms. The van der Waals surface area contributed by atoms with E-state index in [0.717, 1.165) is 17.6 Å².